The summed E-state index contributed by atoms with van der Waals surface area (Å²) in [6, 6.07) is 0. The van der Waals surface area contributed by atoms with Gasteiger partial charge in [0.1, 0.15) is 0 Å². The summed E-state index contributed by atoms with van der Waals surface area (Å²) in [7, 11) is 0. The highest BCUT2D eigenvalue weighted by molar-refractivity contribution is 6.56. The Bertz CT molecular complexity index is 137. The second kappa shape index (κ2) is 2.08. The molecule has 8 heavy (non-hydrogen) atoms. The topological polar surface area (TPSA) is 12.4 Å². The van der Waals surface area contributed by atoms with Gasteiger partial charge in [-0.1, -0.05) is 29.3 Å². The summed E-state index contributed by atoms with van der Waals surface area (Å²) in [5.74, 6) is 0. The number of nitrogens with zero attached hydrogens (tertiary/aromatic N) is 1. The summed E-state index contributed by atoms with van der Waals surface area (Å²) in [5, 5.41) is 0. The van der Waals surface area contributed by atoms with Gasteiger partial charge in [-0.25, -0.2) is 0 Å². The monoisotopic (exact) mass is 149 g/mol. The summed E-state index contributed by atoms with van der Waals surface area (Å²) >= 11 is 11.3. The molecule has 1 aliphatic rings. The van der Waals surface area contributed by atoms with Crippen molar-refractivity contribution in [3.05, 3.63) is 12.3 Å². The Labute approximate surface area is 58.0 Å². The van der Waals surface area contributed by atoms with Crippen LogP contribution in [0.2, 0.25) is 0 Å². The maximum atomic E-state index is 5.64. The van der Waals surface area contributed by atoms with Crippen LogP contribution in [0.1, 0.15) is 6.42 Å². The van der Waals surface area contributed by atoms with Gasteiger partial charge in [0.05, 0.1) is 0 Å². The Morgan fingerprint density at radius 1 is 1.50 bits per heavy atom. The van der Waals surface area contributed by atoms with Crippen LogP contribution < -0.4 is 0 Å². The van der Waals surface area contributed by atoms with Crippen LogP contribution in [0.3, 0.4) is 0 Å². The molecule has 0 aromatic carbocycles. The van der Waals surface area contributed by atoms with Gasteiger partial charge in [-0.2, -0.15) is 0 Å². The molecule has 0 spiro atoms. The average molecular weight is 150 g/mol. The number of rotatable bonds is 0. The van der Waals surface area contributed by atoms with Crippen molar-refractivity contribution in [2.45, 2.75) is 10.8 Å². The molecule has 1 heterocycles. The molecule has 0 radical (unpaired) electrons. The normalized spacial score (nSPS) is 23.8. The van der Waals surface area contributed by atoms with Gasteiger partial charge in [0, 0.05) is 18.8 Å². The predicted octanol–water partition coefficient (Wildman–Crippen LogP) is 2.15. The highest BCUT2D eigenvalue weighted by Crippen LogP contribution is 2.25. The van der Waals surface area contributed by atoms with Crippen molar-refractivity contribution >= 4 is 29.4 Å². The van der Waals surface area contributed by atoms with Gasteiger partial charge >= 0.3 is 0 Å². The van der Waals surface area contributed by atoms with E-state index in [2.05, 4.69) is 4.99 Å². The molecule has 0 fully saturated rings. The number of hydrogen-bond acceptors (Lipinski definition) is 1. The summed E-state index contributed by atoms with van der Waals surface area (Å²) in [5.41, 5.74) is 0. The molecule has 0 bridgehead atoms. The molecule has 0 aromatic heterocycles. The SMILES string of the molecule is ClC1(Cl)C=NC=CC1. The van der Waals surface area contributed by atoms with Gasteiger partial charge in [-0.05, 0) is 0 Å². The fourth-order valence-corrected chi connectivity index (χ4v) is 0.766. The van der Waals surface area contributed by atoms with Crippen molar-refractivity contribution in [3.8, 4) is 0 Å². The van der Waals surface area contributed by atoms with E-state index in [4.69, 9.17) is 23.2 Å². The summed E-state index contributed by atoms with van der Waals surface area (Å²) in [6.07, 6.45) is 5.69. The van der Waals surface area contributed by atoms with Crippen LogP contribution in [-0.2, 0) is 0 Å². The van der Waals surface area contributed by atoms with E-state index in [0.717, 1.165) is 0 Å². The van der Waals surface area contributed by atoms with Crippen LogP contribution in [0.4, 0.5) is 0 Å². The third kappa shape index (κ3) is 1.49. The summed E-state index contributed by atoms with van der Waals surface area (Å²) < 4.78 is -0.755. The maximum absolute atomic E-state index is 5.64. The Morgan fingerprint density at radius 3 is 2.50 bits per heavy atom. The van der Waals surface area contributed by atoms with Crippen LogP contribution in [0.5, 0.6) is 0 Å². The van der Waals surface area contributed by atoms with E-state index in [9.17, 15) is 0 Å². The van der Waals surface area contributed by atoms with Crippen molar-refractivity contribution in [2.24, 2.45) is 4.99 Å². The number of aliphatic imine (C=N–C) groups is 1. The first kappa shape index (κ1) is 6.12. The van der Waals surface area contributed by atoms with E-state index in [1.165, 1.54) is 6.21 Å². The minimum Gasteiger partial charge on any atom is -0.266 e. The zero-order valence-electron chi connectivity index (χ0n) is 4.14. The molecule has 1 nitrogen and oxygen atoms in total. The molecule has 0 aliphatic carbocycles. The van der Waals surface area contributed by atoms with Crippen molar-refractivity contribution in [2.75, 3.05) is 0 Å². The first-order valence-electron chi connectivity index (χ1n) is 2.28. The van der Waals surface area contributed by atoms with E-state index < -0.39 is 4.33 Å². The number of hydrogen-bond donors (Lipinski definition) is 0. The highest BCUT2D eigenvalue weighted by Gasteiger charge is 2.20. The lowest BCUT2D eigenvalue weighted by Crippen LogP contribution is -2.14. The van der Waals surface area contributed by atoms with Crippen LogP contribution >= 0.6 is 23.2 Å². The summed E-state index contributed by atoms with van der Waals surface area (Å²) in [6.45, 7) is 0. The number of allylic oxidation sites excluding steroid dienone is 1. The minimum atomic E-state index is -0.755. The molecular weight excluding hydrogens is 145 g/mol. The molecular formula is C5H5Cl2N. The third-order valence-corrected chi connectivity index (χ3v) is 1.35. The van der Waals surface area contributed by atoms with Crippen LogP contribution in [0.25, 0.3) is 0 Å². The highest BCUT2D eigenvalue weighted by atomic mass is 35.5. The van der Waals surface area contributed by atoms with Gasteiger partial charge in [0.2, 0.25) is 0 Å². The smallest absolute Gasteiger partial charge is 0.156 e. The zero-order chi connectivity index (χ0) is 6.04. The molecule has 0 atom stereocenters. The zero-order valence-corrected chi connectivity index (χ0v) is 5.65. The fourth-order valence-electron chi connectivity index (χ4n) is 0.475. The number of alkyl halides is 2. The molecule has 0 saturated carbocycles. The fraction of sp³-hybridized carbons (Fsp3) is 0.400. The summed E-state index contributed by atoms with van der Waals surface area (Å²) in [4.78, 5) is 3.76. The van der Waals surface area contributed by atoms with E-state index in [0.29, 0.717) is 6.42 Å². The third-order valence-electron chi connectivity index (χ3n) is 0.845. The molecule has 0 saturated heterocycles. The van der Waals surface area contributed by atoms with Gasteiger partial charge in [0.15, 0.2) is 4.33 Å². The second-order valence-corrected chi connectivity index (χ2v) is 3.17. The molecule has 3 heteroatoms. The molecule has 0 aromatic rings. The van der Waals surface area contributed by atoms with E-state index in [1.807, 2.05) is 6.08 Å². The lowest BCUT2D eigenvalue weighted by Gasteiger charge is -2.12. The average Bonchev–Trinajstić information content (AvgIpc) is 1.65. The molecule has 44 valence electrons. The standard InChI is InChI=1S/C5H5Cl2N/c6-5(7)2-1-3-8-4-5/h1,3-4H,2H2. The molecule has 1 aliphatic heterocycles. The Kier molecular flexibility index (Phi) is 1.59. The molecule has 0 amide bonds. The quantitative estimate of drug-likeness (QED) is 0.469. The van der Waals surface area contributed by atoms with Crippen molar-refractivity contribution < 1.29 is 0 Å². The minimum absolute atomic E-state index is 0.652. The van der Waals surface area contributed by atoms with Crippen molar-refractivity contribution in [1.82, 2.24) is 0 Å². The van der Waals surface area contributed by atoms with Gasteiger partial charge in [-0.3, -0.25) is 4.99 Å². The lowest BCUT2D eigenvalue weighted by molar-refractivity contribution is 1.02. The Hall–Kier alpha value is -0.0100. The first-order chi connectivity index (χ1) is 3.71. The van der Waals surface area contributed by atoms with Crippen molar-refractivity contribution in [3.63, 3.8) is 0 Å². The first-order valence-corrected chi connectivity index (χ1v) is 3.03. The van der Waals surface area contributed by atoms with Gasteiger partial charge in [-0.15, -0.1) is 0 Å². The van der Waals surface area contributed by atoms with E-state index >= 15 is 0 Å². The van der Waals surface area contributed by atoms with Crippen molar-refractivity contribution in [1.29, 1.82) is 0 Å². The lowest BCUT2D eigenvalue weighted by atomic mass is 10.3. The molecule has 0 unspecified atom stereocenters. The molecule has 1 rings (SSSR count). The largest absolute Gasteiger partial charge is 0.266 e. The van der Waals surface area contributed by atoms with Crippen LogP contribution in [0.15, 0.2) is 17.3 Å². The van der Waals surface area contributed by atoms with E-state index in [-0.39, 0.29) is 0 Å². The second-order valence-electron chi connectivity index (χ2n) is 1.63. The van der Waals surface area contributed by atoms with Gasteiger partial charge in [0.25, 0.3) is 0 Å². The van der Waals surface area contributed by atoms with Crippen LogP contribution in [-0.4, -0.2) is 10.5 Å². The Balaban J connectivity index is 2.65. The van der Waals surface area contributed by atoms with E-state index in [1.54, 1.807) is 6.20 Å². The maximum Gasteiger partial charge on any atom is 0.156 e. The van der Waals surface area contributed by atoms with Crippen LogP contribution in [0, 0.1) is 0 Å². The predicted molar refractivity (Wildman–Crippen MR) is 36.7 cm³/mol. The Morgan fingerprint density at radius 2 is 2.25 bits per heavy atom. The number of halogens is 2. The molecule has 0 N–H and O–H groups in total. The van der Waals surface area contributed by atoms with Gasteiger partial charge < -0.3 is 0 Å².